The fraction of sp³-hybridized carbons (Fsp3) is 0.143. The first-order valence-electron chi connectivity index (χ1n) is 4.75. The molecule has 0 radical (unpaired) electrons. The summed E-state index contributed by atoms with van der Waals surface area (Å²) in [6, 6.07) is -2.71. The van der Waals surface area contributed by atoms with Crippen LogP contribution in [-0.4, -0.2) is 45.6 Å². The van der Waals surface area contributed by atoms with Gasteiger partial charge < -0.3 is 11.5 Å². The minimum absolute atomic E-state index is 0.0124. The molecule has 0 aromatic rings. The lowest BCUT2D eigenvalue weighted by atomic mass is 10.3. The summed E-state index contributed by atoms with van der Waals surface area (Å²) in [5, 5.41) is 14.1. The number of amides is 6. The van der Waals surface area contributed by atoms with Crippen LogP contribution in [0.15, 0.2) is 8.73 Å². The molecule has 0 unspecified atom stereocenters. The summed E-state index contributed by atoms with van der Waals surface area (Å²) >= 11 is 8.11. The van der Waals surface area contributed by atoms with Crippen molar-refractivity contribution in [2.75, 3.05) is 0 Å². The van der Waals surface area contributed by atoms with Gasteiger partial charge in [0.1, 0.15) is 6.42 Å². The van der Waals surface area contributed by atoms with Crippen LogP contribution in [0.2, 0.25) is 0 Å². The largest absolute Gasteiger partial charge is 0.369 e. The summed E-state index contributed by atoms with van der Waals surface area (Å²) in [7, 11) is 0. The van der Waals surface area contributed by atoms with Gasteiger partial charge in [-0.15, -0.1) is 8.73 Å². The molecule has 0 aliphatic carbocycles. The van der Waals surface area contributed by atoms with Gasteiger partial charge in [0.2, 0.25) is 23.7 Å². The smallest absolute Gasteiger partial charge is 0.368 e. The lowest BCUT2D eigenvalue weighted by Gasteiger charge is -2.18. The van der Waals surface area contributed by atoms with Gasteiger partial charge in [-0.05, 0) is 0 Å². The Kier molecular flexibility index (Phi) is 6.74. The van der Waals surface area contributed by atoms with Crippen LogP contribution >= 0.6 is 0 Å². The first kappa shape index (κ1) is 18.3. The Hall–Kier alpha value is -2.74. The van der Waals surface area contributed by atoms with E-state index in [4.69, 9.17) is 22.3 Å². The Balaban J connectivity index is 5.25. The maximum Gasteiger partial charge on any atom is 0.368 e. The lowest BCUT2D eigenvalue weighted by molar-refractivity contribution is -0.133. The molecule has 14 heteroatoms. The molecule has 0 aromatic heterocycles. The van der Waals surface area contributed by atoms with E-state index in [-0.39, 0.29) is 9.80 Å². The van der Waals surface area contributed by atoms with E-state index in [0.29, 0.717) is 0 Å². The number of carbonyl (C=O) groups is 4. The fourth-order valence-corrected chi connectivity index (χ4v) is 1.22. The number of hydrogen-bond donors (Lipinski definition) is 4. The fourth-order valence-electron chi connectivity index (χ4n) is 1.06. The van der Waals surface area contributed by atoms with E-state index >= 15 is 0 Å². The van der Waals surface area contributed by atoms with Gasteiger partial charge in [0, 0.05) is 24.9 Å². The summed E-state index contributed by atoms with van der Waals surface area (Å²) < 4.78 is 5.41. The molecule has 0 saturated heterocycles. The number of rotatable bonds is 2. The average Bonchev–Trinajstić information content (AvgIpc) is 2.37. The zero-order valence-electron chi connectivity index (χ0n) is 10.1. The number of hydrogen-bond acceptors (Lipinski definition) is 8. The highest BCUT2D eigenvalue weighted by Crippen LogP contribution is 2.03. The van der Waals surface area contributed by atoms with E-state index in [9.17, 15) is 19.2 Å². The average molecular weight is 332 g/mol. The van der Waals surface area contributed by atoms with Gasteiger partial charge in [-0.1, -0.05) is 0 Å². The molecule has 12 nitrogen and oxygen atoms in total. The van der Waals surface area contributed by atoms with Crippen molar-refractivity contribution < 1.29 is 19.2 Å². The first-order valence-corrected chi connectivity index (χ1v) is 5.49. The summed E-state index contributed by atoms with van der Waals surface area (Å²) in [5.74, 6) is -4.65. The Labute approximate surface area is 127 Å². The minimum Gasteiger partial charge on any atom is -0.369 e. The second-order valence-electron chi connectivity index (χ2n) is 3.15. The van der Waals surface area contributed by atoms with Crippen molar-refractivity contribution in [3.05, 3.63) is 0 Å². The minimum atomic E-state index is -1.36. The highest BCUT2D eigenvalue weighted by Gasteiger charge is 2.31. The van der Waals surface area contributed by atoms with Gasteiger partial charge in [-0.25, -0.2) is 9.59 Å². The van der Waals surface area contributed by atoms with Crippen LogP contribution in [0.4, 0.5) is 9.59 Å². The molecule has 0 atom stereocenters. The van der Waals surface area contributed by atoms with Gasteiger partial charge in [0.15, 0.2) is 0 Å². The van der Waals surface area contributed by atoms with E-state index in [1.54, 1.807) is 0 Å². The number of nitrogens with two attached hydrogens (primary N) is 2. The van der Waals surface area contributed by atoms with E-state index in [1.807, 2.05) is 0 Å². The molecular formula is C7H8N8O4S2. The van der Waals surface area contributed by atoms with Crippen molar-refractivity contribution in [2.24, 2.45) is 20.2 Å². The van der Waals surface area contributed by atoms with Crippen LogP contribution in [0.25, 0.3) is 0 Å². The third-order valence-electron chi connectivity index (χ3n) is 1.82. The number of guanidine groups is 2. The summed E-state index contributed by atoms with van der Waals surface area (Å²) in [5.41, 5.74) is 9.96. The summed E-state index contributed by atoms with van der Waals surface area (Å²) in [6.45, 7) is 0. The van der Waals surface area contributed by atoms with Gasteiger partial charge in [-0.2, -0.15) is 9.80 Å². The molecule has 0 spiro atoms. The van der Waals surface area contributed by atoms with Crippen molar-refractivity contribution >= 4 is 60.6 Å². The Morgan fingerprint density at radius 1 is 0.857 bits per heavy atom. The maximum atomic E-state index is 11.7. The van der Waals surface area contributed by atoms with Gasteiger partial charge >= 0.3 is 12.1 Å². The van der Waals surface area contributed by atoms with Crippen molar-refractivity contribution in [1.29, 1.82) is 10.8 Å². The second-order valence-corrected chi connectivity index (χ2v) is 3.52. The molecule has 0 aliphatic rings. The van der Waals surface area contributed by atoms with Crippen LogP contribution in [0.1, 0.15) is 6.42 Å². The van der Waals surface area contributed by atoms with Crippen LogP contribution in [0.3, 0.4) is 0 Å². The first-order chi connectivity index (χ1) is 9.67. The third kappa shape index (κ3) is 4.69. The molecule has 0 heterocycles. The molecule has 0 fully saturated rings. The van der Waals surface area contributed by atoms with Crippen molar-refractivity contribution in [3.8, 4) is 0 Å². The molecule has 0 aromatic carbocycles. The number of urea groups is 2. The van der Waals surface area contributed by atoms with Gasteiger partial charge in [-0.3, -0.25) is 20.4 Å². The molecule has 0 aliphatic heterocycles. The third-order valence-corrected chi connectivity index (χ3v) is 2.13. The summed E-state index contributed by atoms with van der Waals surface area (Å²) in [6.07, 6.45) is -1.12. The van der Waals surface area contributed by atoms with Gasteiger partial charge in [0.05, 0.1) is 0 Å². The molecule has 112 valence electrons. The van der Waals surface area contributed by atoms with Crippen molar-refractivity contribution in [1.82, 2.24) is 9.80 Å². The van der Waals surface area contributed by atoms with Crippen molar-refractivity contribution in [2.45, 2.75) is 6.42 Å². The van der Waals surface area contributed by atoms with Gasteiger partial charge in [0.25, 0.3) is 0 Å². The van der Waals surface area contributed by atoms with Crippen LogP contribution in [-0.2, 0) is 34.4 Å². The van der Waals surface area contributed by atoms with E-state index < -0.39 is 42.2 Å². The topological polar surface area (TPSA) is 199 Å². The highest BCUT2D eigenvalue weighted by atomic mass is 32.1. The number of nitrogens with zero attached hydrogens (tertiary/aromatic N) is 4. The SMILES string of the molecule is N=C(N)N(C(=O)CC(=O)N(C(=N)N)C(=O)N=S)C(=O)N=S. The predicted octanol–water partition coefficient (Wildman–Crippen LogP) is -1.48. The van der Waals surface area contributed by atoms with E-state index in [0.717, 1.165) is 0 Å². The van der Waals surface area contributed by atoms with E-state index in [2.05, 4.69) is 33.6 Å². The summed E-state index contributed by atoms with van der Waals surface area (Å²) in [4.78, 5) is 45.8. The normalized spacial score (nSPS) is 9.14. The zero-order valence-corrected chi connectivity index (χ0v) is 11.7. The number of nitrogens with one attached hydrogen (secondary N) is 2. The highest BCUT2D eigenvalue weighted by molar-refractivity contribution is 7.48. The Morgan fingerprint density at radius 3 is 1.33 bits per heavy atom. The zero-order chi connectivity index (χ0) is 16.7. The predicted molar refractivity (Wildman–Crippen MR) is 72.5 cm³/mol. The molecular weight excluding hydrogens is 324 g/mol. The molecule has 0 saturated carbocycles. The number of carbonyl (C=O) groups excluding carboxylic acids is 4. The standard InChI is InChI=1S/C7H8N8O4S2/c8-4(9)14(6(18)12-20)2(16)1-3(17)15(5(10)11)7(19)13-21/h1H2,(H3,8,9)(H3,10,11). The molecule has 0 rings (SSSR count). The quantitative estimate of drug-likeness (QED) is 0.266. The van der Waals surface area contributed by atoms with Crippen LogP contribution in [0, 0.1) is 10.8 Å². The maximum absolute atomic E-state index is 11.7. The second kappa shape index (κ2) is 7.75. The monoisotopic (exact) mass is 332 g/mol. The Morgan fingerprint density at radius 2 is 1.14 bits per heavy atom. The molecule has 6 N–H and O–H groups in total. The van der Waals surface area contributed by atoms with E-state index in [1.165, 1.54) is 0 Å². The van der Waals surface area contributed by atoms with Crippen LogP contribution < -0.4 is 11.5 Å². The molecule has 6 amide bonds. The Bertz CT molecular complexity index is 513. The van der Waals surface area contributed by atoms with Crippen molar-refractivity contribution in [3.63, 3.8) is 0 Å². The number of imide groups is 2. The molecule has 0 bridgehead atoms. The molecule has 21 heavy (non-hydrogen) atoms. The van der Waals surface area contributed by atoms with Crippen LogP contribution in [0.5, 0.6) is 0 Å². The lowest BCUT2D eigenvalue weighted by Crippen LogP contribution is -2.49.